The molecule has 2 aromatic heterocycles. The van der Waals surface area contributed by atoms with Gasteiger partial charge in [-0.05, 0) is 12.1 Å². The molecule has 0 aliphatic heterocycles. The third-order valence-electron chi connectivity index (χ3n) is 1.98. The summed E-state index contributed by atoms with van der Waals surface area (Å²) in [5.74, 6) is 0. The van der Waals surface area contributed by atoms with E-state index in [2.05, 4.69) is 10.1 Å². The second-order valence-corrected chi connectivity index (χ2v) is 3.48. The summed E-state index contributed by atoms with van der Waals surface area (Å²) in [5, 5.41) is 4.60. The van der Waals surface area contributed by atoms with Gasteiger partial charge in [0.25, 0.3) is 0 Å². The van der Waals surface area contributed by atoms with Crippen molar-refractivity contribution < 1.29 is 4.79 Å². The first-order valence-electron chi connectivity index (χ1n) is 4.31. The van der Waals surface area contributed by atoms with Crippen LogP contribution in [-0.2, 0) is 7.05 Å². The van der Waals surface area contributed by atoms with Crippen molar-refractivity contribution >= 4 is 17.9 Å². The van der Waals surface area contributed by atoms with E-state index in [1.165, 1.54) is 0 Å². The number of rotatable bonds is 2. The van der Waals surface area contributed by atoms with Crippen LogP contribution in [0.4, 0.5) is 0 Å². The van der Waals surface area contributed by atoms with E-state index in [1.807, 2.05) is 0 Å². The van der Waals surface area contributed by atoms with E-state index >= 15 is 0 Å². The number of aromatic nitrogens is 3. The summed E-state index contributed by atoms with van der Waals surface area (Å²) in [6.45, 7) is 0. The van der Waals surface area contributed by atoms with Crippen molar-refractivity contribution in [2.24, 2.45) is 7.05 Å². The maximum Gasteiger partial charge on any atom is 0.153 e. The fourth-order valence-electron chi connectivity index (χ4n) is 1.33. The van der Waals surface area contributed by atoms with E-state index in [9.17, 15) is 4.79 Å². The molecule has 0 N–H and O–H groups in total. The van der Waals surface area contributed by atoms with Crippen molar-refractivity contribution in [2.45, 2.75) is 0 Å². The largest absolute Gasteiger partial charge is 0.298 e. The van der Waals surface area contributed by atoms with Gasteiger partial charge in [0.15, 0.2) is 6.29 Å². The normalized spacial score (nSPS) is 10.3. The maximum atomic E-state index is 10.8. The zero-order chi connectivity index (χ0) is 10.8. The molecule has 5 heteroatoms. The Balaban J connectivity index is 2.52. The molecule has 2 rings (SSSR count). The molecule has 0 aliphatic rings. The Morgan fingerprint density at radius 1 is 1.47 bits per heavy atom. The average molecular weight is 222 g/mol. The fourth-order valence-corrected chi connectivity index (χ4v) is 1.45. The van der Waals surface area contributed by atoms with Gasteiger partial charge < -0.3 is 0 Å². The number of carbonyl (C=O) groups is 1. The molecular formula is C10H8ClN3O. The third kappa shape index (κ3) is 1.89. The van der Waals surface area contributed by atoms with Gasteiger partial charge in [0, 0.05) is 25.0 Å². The highest BCUT2D eigenvalue weighted by molar-refractivity contribution is 6.29. The Morgan fingerprint density at radius 3 is 2.87 bits per heavy atom. The second kappa shape index (κ2) is 3.82. The molecule has 0 atom stereocenters. The summed E-state index contributed by atoms with van der Waals surface area (Å²) >= 11 is 5.67. The van der Waals surface area contributed by atoms with Crippen molar-refractivity contribution in [3.8, 4) is 11.3 Å². The SMILES string of the molecule is Cn1cc(C=O)c(-c2ccc(Cl)nc2)n1. The highest BCUT2D eigenvalue weighted by Gasteiger charge is 2.09. The molecule has 0 bridgehead atoms. The number of aryl methyl sites for hydroxylation is 1. The van der Waals surface area contributed by atoms with E-state index in [1.54, 1.807) is 36.3 Å². The lowest BCUT2D eigenvalue weighted by atomic mass is 10.1. The zero-order valence-electron chi connectivity index (χ0n) is 8.01. The predicted molar refractivity (Wildman–Crippen MR) is 56.8 cm³/mol. The molecule has 0 aliphatic carbocycles. The smallest absolute Gasteiger partial charge is 0.153 e. The Labute approximate surface area is 91.5 Å². The number of hydrogen-bond donors (Lipinski definition) is 0. The van der Waals surface area contributed by atoms with Gasteiger partial charge in [-0.15, -0.1) is 0 Å². The number of aldehydes is 1. The first kappa shape index (κ1) is 9.86. The van der Waals surface area contributed by atoms with E-state index in [0.717, 1.165) is 11.8 Å². The predicted octanol–water partition coefficient (Wildman–Crippen LogP) is 1.95. The first-order valence-corrected chi connectivity index (χ1v) is 4.69. The molecule has 0 unspecified atom stereocenters. The van der Waals surface area contributed by atoms with Gasteiger partial charge in [0.1, 0.15) is 10.8 Å². The monoisotopic (exact) mass is 221 g/mol. The Bertz CT molecular complexity index is 490. The van der Waals surface area contributed by atoms with Crippen molar-refractivity contribution in [2.75, 3.05) is 0 Å². The molecule has 2 aromatic rings. The summed E-state index contributed by atoms with van der Waals surface area (Å²) in [5.41, 5.74) is 1.94. The van der Waals surface area contributed by atoms with Gasteiger partial charge in [0.2, 0.25) is 0 Å². The van der Waals surface area contributed by atoms with Gasteiger partial charge >= 0.3 is 0 Å². The minimum absolute atomic E-state index is 0.419. The molecule has 0 radical (unpaired) electrons. The summed E-state index contributed by atoms with van der Waals surface area (Å²) < 4.78 is 1.59. The lowest BCUT2D eigenvalue weighted by Gasteiger charge is -1.96. The van der Waals surface area contributed by atoms with Crippen molar-refractivity contribution in [1.82, 2.24) is 14.8 Å². The van der Waals surface area contributed by atoms with E-state index in [-0.39, 0.29) is 0 Å². The van der Waals surface area contributed by atoms with Crippen LogP contribution in [0.1, 0.15) is 10.4 Å². The van der Waals surface area contributed by atoms with Crippen LogP contribution >= 0.6 is 11.6 Å². The summed E-state index contributed by atoms with van der Waals surface area (Å²) in [7, 11) is 1.76. The fraction of sp³-hybridized carbons (Fsp3) is 0.100. The summed E-state index contributed by atoms with van der Waals surface area (Å²) in [6, 6.07) is 3.45. The van der Waals surface area contributed by atoms with Gasteiger partial charge in [0.05, 0.1) is 5.56 Å². The van der Waals surface area contributed by atoms with Crippen LogP contribution in [0.2, 0.25) is 5.15 Å². The minimum atomic E-state index is 0.419. The third-order valence-corrected chi connectivity index (χ3v) is 2.21. The second-order valence-electron chi connectivity index (χ2n) is 3.09. The van der Waals surface area contributed by atoms with Crippen LogP contribution in [-0.4, -0.2) is 21.1 Å². The van der Waals surface area contributed by atoms with E-state index < -0.39 is 0 Å². The molecule has 0 fully saturated rings. The number of carbonyl (C=O) groups excluding carboxylic acids is 1. The quantitative estimate of drug-likeness (QED) is 0.575. The first-order chi connectivity index (χ1) is 7.20. The molecule has 76 valence electrons. The molecule has 0 saturated heterocycles. The van der Waals surface area contributed by atoms with Gasteiger partial charge in [-0.3, -0.25) is 9.48 Å². The molecule has 0 spiro atoms. The average Bonchev–Trinajstić information content (AvgIpc) is 2.61. The zero-order valence-corrected chi connectivity index (χ0v) is 8.77. The number of nitrogens with zero attached hydrogens (tertiary/aromatic N) is 3. The van der Waals surface area contributed by atoms with Crippen LogP contribution in [0.5, 0.6) is 0 Å². The van der Waals surface area contributed by atoms with Crippen LogP contribution in [0.25, 0.3) is 11.3 Å². The van der Waals surface area contributed by atoms with Crippen LogP contribution in [0, 0.1) is 0 Å². The molecular weight excluding hydrogens is 214 g/mol. The number of hydrogen-bond acceptors (Lipinski definition) is 3. The highest BCUT2D eigenvalue weighted by atomic mass is 35.5. The van der Waals surface area contributed by atoms with Crippen molar-refractivity contribution in [1.29, 1.82) is 0 Å². The molecule has 0 saturated carbocycles. The van der Waals surface area contributed by atoms with Crippen LogP contribution in [0.15, 0.2) is 24.5 Å². The molecule has 15 heavy (non-hydrogen) atoms. The van der Waals surface area contributed by atoms with Gasteiger partial charge in [-0.1, -0.05) is 11.6 Å². The Morgan fingerprint density at radius 2 is 2.27 bits per heavy atom. The van der Waals surface area contributed by atoms with Crippen LogP contribution < -0.4 is 0 Å². The Hall–Kier alpha value is -1.68. The molecule has 0 amide bonds. The van der Waals surface area contributed by atoms with Crippen molar-refractivity contribution in [3.05, 3.63) is 35.2 Å². The molecule has 4 nitrogen and oxygen atoms in total. The van der Waals surface area contributed by atoms with Crippen molar-refractivity contribution in [3.63, 3.8) is 0 Å². The lowest BCUT2D eigenvalue weighted by molar-refractivity contribution is 0.112. The molecule has 2 heterocycles. The minimum Gasteiger partial charge on any atom is -0.298 e. The van der Waals surface area contributed by atoms with E-state index in [4.69, 9.17) is 11.6 Å². The van der Waals surface area contributed by atoms with E-state index in [0.29, 0.717) is 16.4 Å². The maximum absolute atomic E-state index is 10.8. The molecule has 0 aromatic carbocycles. The highest BCUT2D eigenvalue weighted by Crippen LogP contribution is 2.20. The lowest BCUT2D eigenvalue weighted by Crippen LogP contribution is -1.88. The summed E-state index contributed by atoms with van der Waals surface area (Å²) in [4.78, 5) is 14.7. The Kier molecular flexibility index (Phi) is 2.51. The topological polar surface area (TPSA) is 47.8 Å². The number of pyridine rings is 1. The number of halogens is 1. The van der Waals surface area contributed by atoms with Gasteiger partial charge in [-0.25, -0.2) is 4.98 Å². The van der Waals surface area contributed by atoms with Gasteiger partial charge in [-0.2, -0.15) is 5.10 Å². The standard InChI is InChI=1S/C10H8ClN3O/c1-14-5-8(6-15)10(13-14)7-2-3-9(11)12-4-7/h2-6H,1H3. The van der Waals surface area contributed by atoms with Crippen LogP contribution in [0.3, 0.4) is 0 Å². The summed E-state index contributed by atoms with van der Waals surface area (Å²) in [6.07, 6.45) is 4.03.